The summed E-state index contributed by atoms with van der Waals surface area (Å²) in [5.74, 6) is 0.442. The predicted molar refractivity (Wildman–Crippen MR) is 125 cm³/mol. The van der Waals surface area contributed by atoms with Gasteiger partial charge in [-0.1, -0.05) is 42.5 Å². The molecule has 3 aromatic rings. The summed E-state index contributed by atoms with van der Waals surface area (Å²) < 4.78 is 5.84. The van der Waals surface area contributed by atoms with E-state index >= 15 is 0 Å². The summed E-state index contributed by atoms with van der Waals surface area (Å²) in [5, 5.41) is 22.1. The first-order valence-electron chi connectivity index (χ1n) is 11.1. The van der Waals surface area contributed by atoms with E-state index in [1.54, 1.807) is 0 Å². The number of primary amides is 1. The molecule has 1 aliphatic heterocycles. The summed E-state index contributed by atoms with van der Waals surface area (Å²) in [6.45, 7) is 2.27. The third-order valence-corrected chi connectivity index (χ3v) is 6.21. The number of benzene rings is 3. The topological polar surface area (TPSA) is 96.0 Å². The molecule has 4 N–H and O–H groups in total. The Balaban J connectivity index is 1.35. The second kappa shape index (κ2) is 10.1. The molecule has 3 aromatic carbocycles. The van der Waals surface area contributed by atoms with Crippen LogP contribution < -0.4 is 10.5 Å². The van der Waals surface area contributed by atoms with E-state index in [0.29, 0.717) is 12.3 Å². The number of likely N-dealkylation sites (tertiary alicyclic amines) is 1. The van der Waals surface area contributed by atoms with Gasteiger partial charge < -0.3 is 25.6 Å². The fraction of sp³-hybridized carbons (Fsp3) is 0.346. The Bertz CT molecular complexity index is 1080. The van der Waals surface area contributed by atoms with E-state index in [4.69, 9.17) is 10.5 Å². The number of rotatable bonds is 8. The van der Waals surface area contributed by atoms with Crippen LogP contribution in [0, 0.1) is 5.92 Å². The van der Waals surface area contributed by atoms with E-state index in [9.17, 15) is 15.0 Å². The Labute approximate surface area is 188 Å². The molecule has 1 amide bonds. The number of amides is 1. The van der Waals surface area contributed by atoms with Crippen molar-refractivity contribution in [1.29, 1.82) is 0 Å². The maximum Gasteiger partial charge on any atom is 0.220 e. The molecule has 0 aliphatic carbocycles. The van der Waals surface area contributed by atoms with E-state index in [-0.39, 0.29) is 25.0 Å². The second-order valence-electron chi connectivity index (χ2n) is 8.48. The number of aliphatic hydroxyl groups is 2. The minimum absolute atomic E-state index is 0.00642. The Morgan fingerprint density at radius 2 is 1.78 bits per heavy atom. The number of piperidine rings is 1. The first kappa shape index (κ1) is 22.3. The minimum atomic E-state index is -0.604. The van der Waals surface area contributed by atoms with E-state index in [1.165, 1.54) is 0 Å². The summed E-state index contributed by atoms with van der Waals surface area (Å²) in [5.41, 5.74) is 8.37. The number of hydrogen-bond donors (Lipinski definition) is 3. The predicted octanol–water partition coefficient (Wildman–Crippen LogP) is 2.94. The van der Waals surface area contributed by atoms with Gasteiger partial charge in [-0.2, -0.15) is 0 Å². The molecule has 1 saturated heterocycles. The Morgan fingerprint density at radius 3 is 2.53 bits per heavy atom. The highest BCUT2D eigenvalue weighted by atomic mass is 16.5. The molecule has 1 aliphatic rings. The molecule has 32 heavy (non-hydrogen) atoms. The van der Waals surface area contributed by atoms with Crippen molar-refractivity contribution in [3.8, 4) is 16.9 Å². The van der Waals surface area contributed by atoms with E-state index in [0.717, 1.165) is 53.4 Å². The first-order chi connectivity index (χ1) is 15.5. The molecule has 1 unspecified atom stereocenters. The molecule has 0 aromatic heterocycles. The molecule has 4 rings (SSSR count). The Kier molecular flexibility index (Phi) is 7.05. The van der Waals surface area contributed by atoms with Crippen molar-refractivity contribution in [2.75, 3.05) is 26.2 Å². The van der Waals surface area contributed by atoms with Gasteiger partial charge in [0.1, 0.15) is 18.5 Å². The van der Waals surface area contributed by atoms with Crippen LogP contribution in [0.1, 0.15) is 18.4 Å². The maximum absolute atomic E-state index is 11.3. The monoisotopic (exact) mass is 434 g/mol. The molecule has 0 saturated carbocycles. The van der Waals surface area contributed by atoms with Gasteiger partial charge in [0.25, 0.3) is 0 Å². The number of nitrogens with zero attached hydrogens (tertiary/aromatic N) is 1. The number of hydrogen-bond acceptors (Lipinski definition) is 5. The zero-order chi connectivity index (χ0) is 22.5. The number of nitrogens with two attached hydrogens (primary N) is 1. The third-order valence-electron chi connectivity index (χ3n) is 6.21. The summed E-state index contributed by atoms with van der Waals surface area (Å²) in [7, 11) is 0. The van der Waals surface area contributed by atoms with Gasteiger partial charge in [-0.3, -0.25) is 4.79 Å². The van der Waals surface area contributed by atoms with Gasteiger partial charge >= 0.3 is 0 Å². The molecule has 6 heteroatoms. The van der Waals surface area contributed by atoms with Crippen molar-refractivity contribution in [2.45, 2.75) is 25.6 Å². The molecule has 1 heterocycles. The number of aliphatic hydroxyl groups excluding tert-OH is 2. The highest BCUT2D eigenvalue weighted by Gasteiger charge is 2.24. The van der Waals surface area contributed by atoms with Crippen molar-refractivity contribution >= 4 is 16.7 Å². The van der Waals surface area contributed by atoms with Crippen LogP contribution in [0.25, 0.3) is 21.9 Å². The highest BCUT2D eigenvalue weighted by Crippen LogP contribution is 2.29. The Morgan fingerprint density at radius 1 is 1.06 bits per heavy atom. The molecular formula is C26H30N2O4. The lowest BCUT2D eigenvalue weighted by Crippen LogP contribution is -2.43. The summed E-state index contributed by atoms with van der Waals surface area (Å²) in [4.78, 5) is 13.4. The van der Waals surface area contributed by atoms with Crippen LogP contribution in [0.15, 0.2) is 60.7 Å². The molecule has 0 spiro atoms. The molecule has 1 fully saturated rings. The molecular weight excluding hydrogens is 404 g/mol. The normalized spacial score (nSPS) is 16.2. The number of carbonyl (C=O) groups excluding carboxylic acids is 1. The van der Waals surface area contributed by atoms with Gasteiger partial charge in [-0.25, -0.2) is 0 Å². The maximum atomic E-state index is 11.3. The summed E-state index contributed by atoms with van der Waals surface area (Å²) >= 11 is 0. The van der Waals surface area contributed by atoms with E-state index < -0.39 is 6.10 Å². The SMILES string of the molecule is NC(=O)C1CCN(CC(O)COc2ccc3cc(-c4ccccc4CO)ccc3c2)CC1. The molecule has 1 atom stereocenters. The summed E-state index contributed by atoms with van der Waals surface area (Å²) in [6.07, 6.45) is 0.893. The van der Waals surface area contributed by atoms with E-state index in [2.05, 4.69) is 11.0 Å². The van der Waals surface area contributed by atoms with Crippen LogP contribution in [0.2, 0.25) is 0 Å². The lowest BCUT2D eigenvalue weighted by molar-refractivity contribution is -0.123. The number of carbonyl (C=O) groups is 1. The van der Waals surface area contributed by atoms with Gasteiger partial charge in [-0.15, -0.1) is 0 Å². The standard InChI is InChI=1S/C26H30N2O4/c27-26(31)18-9-11-28(12-10-18)15-23(30)17-32-24-8-7-19-13-21(6-5-20(19)14-24)25-4-2-1-3-22(25)16-29/h1-8,13-14,18,23,29-30H,9-12,15-17H2,(H2,27,31). The van der Waals surface area contributed by atoms with Gasteiger partial charge in [0.05, 0.1) is 6.61 Å². The molecule has 0 bridgehead atoms. The van der Waals surface area contributed by atoms with Crippen molar-refractivity contribution in [1.82, 2.24) is 4.90 Å². The quantitative estimate of drug-likeness (QED) is 0.507. The van der Waals surface area contributed by atoms with Crippen molar-refractivity contribution in [3.05, 3.63) is 66.2 Å². The highest BCUT2D eigenvalue weighted by molar-refractivity contribution is 5.88. The number of fused-ring (bicyclic) bond motifs is 1. The molecule has 168 valence electrons. The fourth-order valence-corrected chi connectivity index (χ4v) is 4.36. The number of ether oxygens (including phenoxy) is 1. The van der Waals surface area contributed by atoms with Crippen molar-refractivity contribution in [2.24, 2.45) is 11.7 Å². The lowest BCUT2D eigenvalue weighted by atomic mass is 9.96. The average molecular weight is 435 g/mol. The third kappa shape index (κ3) is 5.27. The van der Waals surface area contributed by atoms with Crippen molar-refractivity contribution < 1.29 is 19.7 Å². The van der Waals surface area contributed by atoms with Crippen LogP contribution in [-0.4, -0.2) is 53.4 Å². The van der Waals surface area contributed by atoms with Gasteiger partial charge in [0.15, 0.2) is 0 Å². The lowest BCUT2D eigenvalue weighted by Gasteiger charge is -2.31. The zero-order valence-electron chi connectivity index (χ0n) is 18.1. The minimum Gasteiger partial charge on any atom is -0.491 e. The Hall–Kier alpha value is -2.93. The first-order valence-corrected chi connectivity index (χ1v) is 11.1. The molecule has 0 radical (unpaired) electrons. The largest absolute Gasteiger partial charge is 0.491 e. The van der Waals surface area contributed by atoms with Crippen molar-refractivity contribution in [3.63, 3.8) is 0 Å². The van der Waals surface area contributed by atoms with Crippen LogP contribution in [0.5, 0.6) is 5.75 Å². The number of β-amino-alcohol motifs (C(OH)–C–C–N with tert-alkyl or cyclic N) is 1. The van der Waals surface area contributed by atoms with Crippen LogP contribution in [0.4, 0.5) is 0 Å². The second-order valence-corrected chi connectivity index (χ2v) is 8.48. The average Bonchev–Trinajstić information content (AvgIpc) is 2.82. The van der Waals surface area contributed by atoms with Crippen LogP contribution >= 0.6 is 0 Å². The summed E-state index contributed by atoms with van der Waals surface area (Å²) in [6, 6.07) is 19.9. The zero-order valence-corrected chi connectivity index (χ0v) is 18.1. The van der Waals surface area contributed by atoms with Gasteiger partial charge in [0.2, 0.25) is 5.91 Å². The van der Waals surface area contributed by atoms with E-state index in [1.807, 2.05) is 54.6 Å². The smallest absolute Gasteiger partial charge is 0.220 e. The van der Waals surface area contributed by atoms with Crippen LogP contribution in [0.3, 0.4) is 0 Å². The van der Waals surface area contributed by atoms with Gasteiger partial charge in [0, 0.05) is 12.5 Å². The van der Waals surface area contributed by atoms with Crippen LogP contribution in [-0.2, 0) is 11.4 Å². The fourth-order valence-electron chi connectivity index (χ4n) is 4.36. The molecule has 6 nitrogen and oxygen atoms in total. The van der Waals surface area contributed by atoms with Gasteiger partial charge in [-0.05, 0) is 71.6 Å².